The SMILES string of the molecule is CNC(=O)[C@@H]1CCCC[C@H]1N. The van der Waals surface area contributed by atoms with Gasteiger partial charge in [0.1, 0.15) is 0 Å². The van der Waals surface area contributed by atoms with E-state index >= 15 is 0 Å². The second-order valence-corrected chi connectivity index (χ2v) is 3.17. The molecule has 3 heteroatoms. The lowest BCUT2D eigenvalue weighted by atomic mass is 9.84. The Labute approximate surface area is 67.3 Å². The minimum atomic E-state index is 0.0637. The van der Waals surface area contributed by atoms with Crippen molar-refractivity contribution >= 4 is 5.91 Å². The van der Waals surface area contributed by atoms with Crippen LogP contribution in [0.2, 0.25) is 0 Å². The summed E-state index contributed by atoms with van der Waals surface area (Å²) in [6.07, 6.45) is 4.28. The lowest BCUT2D eigenvalue weighted by Crippen LogP contribution is -2.42. The summed E-state index contributed by atoms with van der Waals surface area (Å²) < 4.78 is 0. The van der Waals surface area contributed by atoms with Gasteiger partial charge in [-0.3, -0.25) is 4.79 Å². The third kappa shape index (κ3) is 1.93. The van der Waals surface area contributed by atoms with Crippen LogP contribution in [0.1, 0.15) is 25.7 Å². The summed E-state index contributed by atoms with van der Waals surface area (Å²) in [6, 6.07) is 0.0868. The number of nitrogens with one attached hydrogen (secondary N) is 1. The standard InChI is InChI=1S/C8H16N2O/c1-10-8(11)6-4-2-3-5-7(6)9/h6-7H,2-5,9H2,1H3,(H,10,11)/t6-,7-/m1/s1. The van der Waals surface area contributed by atoms with E-state index in [-0.39, 0.29) is 17.9 Å². The molecule has 0 saturated heterocycles. The average molecular weight is 156 g/mol. The Morgan fingerprint density at radius 3 is 2.64 bits per heavy atom. The van der Waals surface area contributed by atoms with E-state index in [9.17, 15) is 4.79 Å². The zero-order valence-corrected chi connectivity index (χ0v) is 6.97. The van der Waals surface area contributed by atoms with Gasteiger partial charge in [-0.15, -0.1) is 0 Å². The number of amides is 1. The van der Waals surface area contributed by atoms with E-state index < -0.39 is 0 Å². The molecule has 0 bridgehead atoms. The molecule has 0 aromatic heterocycles. The molecule has 2 atom stereocenters. The fourth-order valence-electron chi connectivity index (χ4n) is 1.67. The Balaban J connectivity index is 2.47. The first-order valence-corrected chi connectivity index (χ1v) is 4.23. The molecule has 0 radical (unpaired) electrons. The van der Waals surface area contributed by atoms with Gasteiger partial charge in [-0.25, -0.2) is 0 Å². The summed E-state index contributed by atoms with van der Waals surface area (Å²) in [5.74, 6) is 0.172. The Hall–Kier alpha value is -0.570. The first-order valence-electron chi connectivity index (χ1n) is 4.23. The fourth-order valence-corrected chi connectivity index (χ4v) is 1.67. The maximum absolute atomic E-state index is 11.2. The van der Waals surface area contributed by atoms with Gasteiger partial charge in [0, 0.05) is 13.1 Å². The highest BCUT2D eigenvalue weighted by molar-refractivity contribution is 5.79. The van der Waals surface area contributed by atoms with Gasteiger partial charge in [-0.05, 0) is 12.8 Å². The van der Waals surface area contributed by atoms with Crippen LogP contribution in [0.15, 0.2) is 0 Å². The van der Waals surface area contributed by atoms with Gasteiger partial charge in [0.2, 0.25) is 5.91 Å². The molecule has 64 valence electrons. The Morgan fingerprint density at radius 2 is 2.09 bits per heavy atom. The van der Waals surface area contributed by atoms with Gasteiger partial charge in [0.15, 0.2) is 0 Å². The minimum absolute atomic E-state index is 0.0637. The molecule has 0 aliphatic heterocycles. The molecular formula is C8H16N2O. The van der Waals surface area contributed by atoms with E-state index in [4.69, 9.17) is 5.73 Å². The minimum Gasteiger partial charge on any atom is -0.359 e. The molecule has 3 N–H and O–H groups in total. The molecule has 11 heavy (non-hydrogen) atoms. The topological polar surface area (TPSA) is 55.1 Å². The highest BCUT2D eigenvalue weighted by atomic mass is 16.1. The zero-order valence-electron chi connectivity index (χ0n) is 6.97. The smallest absolute Gasteiger partial charge is 0.224 e. The van der Waals surface area contributed by atoms with E-state index in [2.05, 4.69) is 5.32 Å². The monoisotopic (exact) mass is 156 g/mol. The van der Waals surface area contributed by atoms with Crippen LogP contribution in [0.4, 0.5) is 0 Å². The van der Waals surface area contributed by atoms with Gasteiger partial charge < -0.3 is 11.1 Å². The molecule has 0 aromatic carbocycles. The maximum Gasteiger partial charge on any atom is 0.224 e. The Bertz CT molecular complexity index is 147. The molecule has 0 spiro atoms. The van der Waals surface area contributed by atoms with Gasteiger partial charge >= 0.3 is 0 Å². The van der Waals surface area contributed by atoms with E-state index in [1.54, 1.807) is 7.05 Å². The average Bonchev–Trinajstić information content (AvgIpc) is 2.04. The van der Waals surface area contributed by atoms with Crippen LogP contribution >= 0.6 is 0 Å². The van der Waals surface area contributed by atoms with Crippen LogP contribution in [-0.2, 0) is 4.79 Å². The summed E-state index contributed by atoms with van der Waals surface area (Å²) in [6.45, 7) is 0. The number of nitrogens with two attached hydrogens (primary N) is 1. The van der Waals surface area contributed by atoms with E-state index in [1.807, 2.05) is 0 Å². The summed E-state index contributed by atoms with van der Waals surface area (Å²) in [5, 5.41) is 2.65. The van der Waals surface area contributed by atoms with Crippen molar-refractivity contribution in [2.45, 2.75) is 31.7 Å². The number of rotatable bonds is 1. The third-order valence-electron chi connectivity index (χ3n) is 2.40. The first-order chi connectivity index (χ1) is 5.25. The molecule has 1 amide bonds. The Kier molecular flexibility index (Phi) is 2.88. The molecule has 0 aromatic rings. The quantitative estimate of drug-likeness (QED) is 0.571. The van der Waals surface area contributed by atoms with Crippen LogP contribution in [0.5, 0.6) is 0 Å². The van der Waals surface area contributed by atoms with Crippen molar-refractivity contribution in [3.63, 3.8) is 0 Å². The van der Waals surface area contributed by atoms with Gasteiger partial charge in [-0.2, -0.15) is 0 Å². The van der Waals surface area contributed by atoms with Crippen molar-refractivity contribution in [3.05, 3.63) is 0 Å². The van der Waals surface area contributed by atoms with E-state index in [0.717, 1.165) is 19.3 Å². The summed E-state index contributed by atoms with van der Waals surface area (Å²) in [5.41, 5.74) is 5.79. The van der Waals surface area contributed by atoms with Crippen molar-refractivity contribution in [1.82, 2.24) is 5.32 Å². The molecule has 1 saturated carbocycles. The molecule has 0 heterocycles. The summed E-state index contributed by atoms with van der Waals surface area (Å²) >= 11 is 0. The summed E-state index contributed by atoms with van der Waals surface area (Å²) in [7, 11) is 1.67. The highest BCUT2D eigenvalue weighted by Gasteiger charge is 2.26. The van der Waals surface area contributed by atoms with Crippen LogP contribution in [0.25, 0.3) is 0 Å². The molecular weight excluding hydrogens is 140 g/mol. The van der Waals surface area contributed by atoms with Gasteiger partial charge in [-0.1, -0.05) is 12.8 Å². The molecule has 3 nitrogen and oxygen atoms in total. The first kappa shape index (κ1) is 8.53. The van der Waals surface area contributed by atoms with Crippen molar-refractivity contribution in [2.24, 2.45) is 11.7 Å². The normalized spacial score (nSPS) is 31.5. The number of hydrogen-bond acceptors (Lipinski definition) is 2. The number of hydrogen-bond donors (Lipinski definition) is 2. The Morgan fingerprint density at radius 1 is 1.45 bits per heavy atom. The van der Waals surface area contributed by atoms with Crippen molar-refractivity contribution in [2.75, 3.05) is 7.05 Å². The lowest BCUT2D eigenvalue weighted by Gasteiger charge is -2.26. The largest absolute Gasteiger partial charge is 0.359 e. The van der Waals surface area contributed by atoms with Crippen LogP contribution in [0, 0.1) is 5.92 Å². The van der Waals surface area contributed by atoms with Gasteiger partial charge in [0.05, 0.1) is 5.92 Å². The van der Waals surface area contributed by atoms with Crippen LogP contribution in [-0.4, -0.2) is 19.0 Å². The second kappa shape index (κ2) is 3.72. The molecule has 1 aliphatic carbocycles. The van der Waals surface area contributed by atoms with E-state index in [1.165, 1.54) is 6.42 Å². The zero-order chi connectivity index (χ0) is 8.27. The van der Waals surface area contributed by atoms with Crippen LogP contribution < -0.4 is 11.1 Å². The highest BCUT2D eigenvalue weighted by Crippen LogP contribution is 2.22. The van der Waals surface area contributed by atoms with E-state index in [0.29, 0.717) is 0 Å². The molecule has 0 unspecified atom stereocenters. The molecule has 1 fully saturated rings. The fraction of sp³-hybridized carbons (Fsp3) is 0.875. The van der Waals surface area contributed by atoms with Gasteiger partial charge in [0.25, 0.3) is 0 Å². The summed E-state index contributed by atoms with van der Waals surface area (Å²) in [4.78, 5) is 11.2. The predicted molar refractivity (Wildman–Crippen MR) is 44.0 cm³/mol. The number of carbonyl (C=O) groups excluding carboxylic acids is 1. The van der Waals surface area contributed by atoms with Crippen molar-refractivity contribution in [1.29, 1.82) is 0 Å². The third-order valence-corrected chi connectivity index (χ3v) is 2.40. The lowest BCUT2D eigenvalue weighted by molar-refractivity contribution is -0.125. The molecule has 1 rings (SSSR count). The predicted octanol–water partition coefficient (Wildman–Crippen LogP) is 0.250. The second-order valence-electron chi connectivity index (χ2n) is 3.17. The van der Waals surface area contributed by atoms with Crippen molar-refractivity contribution < 1.29 is 4.79 Å². The molecule has 1 aliphatic rings. The van der Waals surface area contributed by atoms with Crippen LogP contribution in [0.3, 0.4) is 0 Å². The number of carbonyl (C=O) groups is 1. The maximum atomic E-state index is 11.2. The van der Waals surface area contributed by atoms with Crippen molar-refractivity contribution in [3.8, 4) is 0 Å².